The van der Waals surface area contributed by atoms with Crippen molar-refractivity contribution >= 4 is 11.8 Å². The summed E-state index contributed by atoms with van der Waals surface area (Å²) >= 11 is 0. The second-order valence-corrected chi connectivity index (χ2v) is 6.04. The van der Waals surface area contributed by atoms with Crippen LogP contribution in [0, 0.1) is 0 Å². The molecule has 0 aromatic heterocycles. The summed E-state index contributed by atoms with van der Waals surface area (Å²) in [5.74, 6) is 0. The highest BCUT2D eigenvalue weighted by Gasteiger charge is 2.26. The SMILES string of the molecule is C=C(C)C(=C)N=C1CCN(C(=O)OC(C)(C)C)CC1=C.CC. The van der Waals surface area contributed by atoms with Gasteiger partial charge in [-0.2, -0.15) is 0 Å². The van der Waals surface area contributed by atoms with Crippen LogP contribution in [0.1, 0.15) is 48.0 Å². The van der Waals surface area contributed by atoms with Gasteiger partial charge in [-0.3, -0.25) is 4.99 Å². The number of nitrogens with zero attached hydrogens (tertiary/aromatic N) is 2. The van der Waals surface area contributed by atoms with Crippen LogP contribution in [0.15, 0.2) is 41.6 Å². The lowest BCUT2D eigenvalue weighted by atomic mass is 10.0. The van der Waals surface area contributed by atoms with Crippen LogP contribution in [0.5, 0.6) is 0 Å². The lowest BCUT2D eigenvalue weighted by Gasteiger charge is -2.31. The number of aliphatic imine (C=N–C) groups is 1. The van der Waals surface area contributed by atoms with E-state index in [1.165, 1.54) is 0 Å². The zero-order chi connectivity index (χ0) is 17.5. The van der Waals surface area contributed by atoms with Gasteiger partial charge in [0, 0.05) is 18.7 Å². The summed E-state index contributed by atoms with van der Waals surface area (Å²) in [5, 5.41) is 0. The third-order valence-electron chi connectivity index (χ3n) is 2.82. The van der Waals surface area contributed by atoms with E-state index in [-0.39, 0.29) is 6.09 Å². The Balaban J connectivity index is 0.00000211. The molecule has 0 unspecified atom stereocenters. The molecule has 22 heavy (non-hydrogen) atoms. The first-order chi connectivity index (χ1) is 10.1. The zero-order valence-corrected chi connectivity index (χ0v) is 15.0. The van der Waals surface area contributed by atoms with Gasteiger partial charge in [-0.1, -0.05) is 33.6 Å². The average Bonchev–Trinajstić information content (AvgIpc) is 2.41. The molecule has 1 rings (SSSR count). The standard InChI is InChI=1S/C16H24N2O2.C2H6/c1-11(2)13(4)17-14-8-9-18(10-12(14)3)15(19)20-16(5,6)7;1-2/h1,3-4,8-10H2,2,5-7H3;1-2H3. The van der Waals surface area contributed by atoms with Crippen LogP contribution in [0.25, 0.3) is 0 Å². The Morgan fingerprint density at radius 3 is 2.23 bits per heavy atom. The minimum Gasteiger partial charge on any atom is -0.444 e. The van der Waals surface area contributed by atoms with Crippen molar-refractivity contribution in [1.82, 2.24) is 4.90 Å². The van der Waals surface area contributed by atoms with Crippen LogP contribution in [0.4, 0.5) is 4.79 Å². The molecule has 0 radical (unpaired) electrons. The first-order valence-electron chi connectivity index (χ1n) is 7.68. The maximum absolute atomic E-state index is 12.0. The molecule has 1 aliphatic heterocycles. The highest BCUT2D eigenvalue weighted by atomic mass is 16.6. The Bertz CT molecular complexity index is 482. The summed E-state index contributed by atoms with van der Waals surface area (Å²) in [4.78, 5) is 18.1. The van der Waals surface area contributed by atoms with Crippen LogP contribution in [-0.2, 0) is 4.74 Å². The minimum atomic E-state index is -0.485. The first-order valence-corrected chi connectivity index (χ1v) is 7.68. The van der Waals surface area contributed by atoms with Gasteiger partial charge in [0.05, 0.1) is 12.2 Å². The van der Waals surface area contributed by atoms with E-state index in [9.17, 15) is 4.79 Å². The number of ether oxygens (including phenoxy) is 1. The summed E-state index contributed by atoms with van der Waals surface area (Å²) in [5.41, 5.74) is 2.72. The van der Waals surface area contributed by atoms with Crippen LogP contribution < -0.4 is 0 Å². The number of likely N-dealkylation sites (tertiary alicyclic amines) is 1. The molecule has 1 fully saturated rings. The van der Waals surface area contributed by atoms with Gasteiger partial charge in [0.25, 0.3) is 0 Å². The van der Waals surface area contributed by atoms with Gasteiger partial charge in [0.15, 0.2) is 0 Å². The van der Waals surface area contributed by atoms with Gasteiger partial charge in [0.2, 0.25) is 0 Å². The highest BCUT2D eigenvalue weighted by molar-refractivity contribution is 6.02. The van der Waals surface area contributed by atoms with Crippen LogP contribution in [0.3, 0.4) is 0 Å². The van der Waals surface area contributed by atoms with Crippen molar-refractivity contribution in [3.8, 4) is 0 Å². The second-order valence-electron chi connectivity index (χ2n) is 6.04. The largest absolute Gasteiger partial charge is 0.444 e. The topological polar surface area (TPSA) is 41.9 Å². The minimum absolute atomic E-state index is 0.309. The summed E-state index contributed by atoms with van der Waals surface area (Å²) < 4.78 is 5.35. The number of hydrogen-bond acceptors (Lipinski definition) is 3. The second kappa shape index (κ2) is 8.57. The van der Waals surface area contributed by atoms with Crippen molar-refractivity contribution < 1.29 is 9.53 Å². The number of carbonyl (C=O) groups excluding carboxylic acids is 1. The van der Waals surface area contributed by atoms with E-state index in [0.717, 1.165) is 16.9 Å². The molecule has 0 N–H and O–H groups in total. The van der Waals surface area contributed by atoms with E-state index in [1.807, 2.05) is 41.5 Å². The van der Waals surface area contributed by atoms with E-state index < -0.39 is 5.60 Å². The fraction of sp³-hybridized carbons (Fsp3) is 0.556. The van der Waals surface area contributed by atoms with Gasteiger partial charge in [-0.05, 0) is 38.8 Å². The summed E-state index contributed by atoms with van der Waals surface area (Å²) in [7, 11) is 0. The smallest absolute Gasteiger partial charge is 0.410 e. The van der Waals surface area contributed by atoms with Gasteiger partial charge < -0.3 is 9.64 Å². The van der Waals surface area contributed by atoms with Crippen LogP contribution >= 0.6 is 0 Å². The molecule has 124 valence electrons. The molecule has 0 spiro atoms. The number of hydrogen-bond donors (Lipinski definition) is 0. The van der Waals surface area contributed by atoms with E-state index in [4.69, 9.17) is 4.74 Å². The molecular formula is C18H30N2O2. The van der Waals surface area contributed by atoms with E-state index in [1.54, 1.807) is 4.90 Å². The molecule has 0 aromatic rings. The van der Waals surface area contributed by atoms with Crippen LogP contribution in [0.2, 0.25) is 0 Å². The molecule has 0 atom stereocenters. The Morgan fingerprint density at radius 2 is 1.82 bits per heavy atom. The fourth-order valence-electron chi connectivity index (χ4n) is 1.69. The van der Waals surface area contributed by atoms with Gasteiger partial charge >= 0.3 is 6.09 Å². The van der Waals surface area contributed by atoms with Crippen molar-refractivity contribution in [2.24, 2.45) is 4.99 Å². The number of piperidine rings is 1. The molecule has 4 nitrogen and oxygen atoms in total. The molecule has 0 aromatic carbocycles. The Labute approximate surface area is 135 Å². The van der Waals surface area contributed by atoms with E-state index >= 15 is 0 Å². The number of amides is 1. The first kappa shape index (κ1) is 20.2. The van der Waals surface area contributed by atoms with Crippen molar-refractivity contribution in [1.29, 1.82) is 0 Å². The predicted molar refractivity (Wildman–Crippen MR) is 94.3 cm³/mol. The van der Waals surface area contributed by atoms with Gasteiger partial charge in [0.1, 0.15) is 5.60 Å². The number of rotatable bonds is 2. The maximum Gasteiger partial charge on any atom is 0.410 e. The lowest BCUT2D eigenvalue weighted by Crippen LogP contribution is -2.42. The molecule has 4 heteroatoms. The van der Waals surface area contributed by atoms with Crippen molar-refractivity contribution in [3.63, 3.8) is 0 Å². The lowest BCUT2D eigenvalue weighted by molar-refractivity contribution is 0.0267. The highest BCUT2D eigenvalue weighted by Crippen LogP contribution is 2.18. The average molecular weight is 306 g/mol. The molecule has 1 amide bonds. The maximum atomic E-state index is 12.0. The quantitative estimate of drug-likeness (QED) is 0.691. The fourth-order valence-corrected chi connectivity index (χ4v) is 1.69. The van der Waals surface area contributed by atoms with E-state index in [0.29, 0.717) is 25.2 Å². The van der Waals surface area contributed by atoms with Crippen molar-refractivity contribution in [2.45, 2.75) is 53.6 Å². The molecule has 0 aliphatic carbocycles. The summed E-state index contributed by atoms with van der Waals surface area (Å²) in [6.07, 6.45) is 0.348. The van der Waals surface area contributed by atoms with Gasteiger partial charge in [-0.15, -0.1) is 0 Å². The van der Waals surface area contributed by atoms with Crippen molar-refractivity contribution in [3.05, 3.63) is 36.6 Å². The molecular weight excluding hydrogens is 276 g/mol. The Morgan fingerprint density at radius 1 is 1.27 bits per heavy atom. The molecule has 0 saturated carbocycles. The molecule has 1 aliphatic rings. The summed E-state index contributed by atoms with van der Waals surface area (Å²) in [6, 6.07) is 0. The predicted octanol–water partition coefficient (Wildman–Crippen LogP) is 4.74. The van der Waals surface area contributed by atoms with Gasteiger partial charge in [-0.25, -0.2) is 4.79 Å². The third-order valence-corrected chi connectivity index (χ3v) is 2.82. The monoisotopic (exact) mass is 306 g/mol. The normalized spacial score (nSPS) is 16.7. The Hall–Kier alpha value is -1.84. The zero-order valence-electron chi connectivity index (χ0n) is 15.0. The third kappa shape index (κ3) is 6.74. The Kier molecular flexibility index (Phi) is 7.85. The van der Waals surface area contributed by atoms with Crippen molar-refractivity contribution in [2.75, 3.05) is 13.1 Å². The number of allylic oxidation sites excluding steroid dienone is 1. The molecule has 0 bridgehead atoms. The molecule has 1 heterocycles. The van der Waals surface area contributed by atoms with E-state index in [2.05, 4.69) is 24.7 Å². The summed E-state index contributed by atoms with van der Waals surface area (Å²) in [6.45, 7) is 24.1. The number of carbonyl (C=O) groups is 1. The molecule has 1 saturated heterocycles. The van der Waals surface area contributed by atoms with Crippen LogP contribution in [-0.4, -0.2) is 35.4 Å².